The highest BCUT2D eigenvalue weighted by molar-refractivity contribution is 5.77. The largest absolute Gasteiger partial charge is 0.337 e. The zero-order valence-corrected chi connectivity index (χ0v) is 19.5. The summed E-state index contributed by atoms with van der Waals surface area (Å²) in [4.78, 5) is 14.6. The average molecular weight is 448 g/mol. The minimum absolute atomic E-state index is 0.259. The van der Waals surface area contributed by atoms with Gasteiger partial charge in [-0.2, -0.15) is 0 Å². The second-order valence-electron chi connectivity index (χ2n) is 10.1. The Morgan fingerprint density at radius 1 is 0.939 bits per heavy atom. The Hall–Kier alpha value is -2.76. The van der Waals surface area contributed by atoms with E-state index in [1.165, 1.54) is 57.1 Å². The summed E-state index contributed by atoms with van der Waals surface area (Å²) in [5.74, 6) is 9.99. The molecule has 174 valence electrons. The first-order chi connectivity index (χ1) is 16.1. The van der Waals surface area contributed by atoms with E-state index >= 15 is 0 Å². The van der Waals surface area contributed by atoms with Gasteiger partial charge in [0.15, 0.2) is 0 Å². The molecule has 2 saturated carbocycles. The molecule has 33 heavy (non-hydrogen) atoms. The van der Waals surface area contributed by atoms with Gasteiger partial charge < -0.3 is 5.84 Å². The van der Waals surface area contributed by atoms with E-state index in [0.717, 1.165) is 59.5 Å². The van der Waals surface area contributed by atoms with E-state index in [9.17, 15) is 4.39 Å². The van der Waals surface area contributed by atoms with E-state index in [1.807, 2.05) is 12.3 Å². The van der Waals surface area contributed by atoms with Crippen LogP contribution in [0.2, 0.25) is 0 Å². The van der Waals surface area contributed by atoms with E-state index in [4.69, 9.17) is 15.8 Å². The highest BCUT2D eigenvalue weighted by atomic mass is 19.1. The standard InChI is InChI=1S/C27H34FN5/c1-18-7-9-21(10-8-18)27-32-25(20-11-13-22(28)14-12-20)26(33(27)29)23-15-16-30-24(31-23)17-19-5-3-2-4-6-19/h11-16,18-19,21H,2-10,17,29H2,1H3. The van der Waals surface area contributed by atoms with E-state index in [-0.39, 0.29) is 5.82 Å². The van der Waals surface area contributed by atoms with Crippen molar-refractivity contribution >= 4 is 0 Å². The Labute approximate surface area is 195 Å². The molecule has 5 rings (SSSR count). The molecule has 0 aliphatic heterocycles. The lowest BCUT2D eigenvalue weighted by Gasteiger charge is -2.25. The Kier molecular flexibility index (Phi) is 6.43. The Morgan fingerprint density at radius 2 is 1.67 bits per heavy atom. The molecule has 1 aromatic carbocycles. The molecule has 2 aliphatic rings. The van der Waals surface area contributed by atoms with Crippen molar-refractivity contribution in [3.05, 3.63) is 54.0 Å². The molecule has 0 atom stereocenters. The Bertz CT molecular complexity index is 1080. The van der Waals surface area contributed by atoms with E-state index in [0.29, 0.717) is 11.8 Å². The van der Waals surface area contributed by atoms with Crippen molar-refractivity contribution in [3.8, 4) is 22.6 Å². The van der Waals surface area contributed by atoms with Crippen LogP contribution in [0.3, 0.4) is 0 Å². The van der Waals surface area contributed by atoms with Crippen molar-refractivity contribution in [2.45, 2.75) is 77.0 Å². The maximum atomic E-state index is 13.6. The smallest absolute Gasteiger partial charge is 0.131 e. The maximum absolute atomic E-state index is 13.6. The molecule has 2 aromatic heterocycles. The molecule has 0 unspecified atom stereocenters. The van der Waals surface area contributed by atoms with Gasteiger partial charge in [-0.3, -0.25) is 0 Å². The number of hydrogen-bond acceptors (Lipinski definition) is 4. The minimum atomic E-state index is -0.259. The second kappa shape index (κ2) is 9.62. The number of nitrogen functional groups attached to an aromatic ring is 1. The average Bonchev–Trinajstić information content (AvgIpc) is 3.18. The minimum Gasteiger partial charge on any atom is -0.337 e. The van der Waals surface area contributed by atoms with Crippen molar-refractivity contribution < 1.29 is 4.39 Å². The van der Waals surface area contributed by atoms with Crippen LogP contribution < -0.4 is 5.84 Å². The highest BCUT2D eigenvalue weighted by Crippen LogP contribution is 2.39. The third-order valence-electron chi connectivity index (χ3n) is 7.58. The van der Waals surface area contributed by atoms with Gasteiger partial charge in [0.25, 0.3) is 0 Å². The number of rotatable bonds is 5. The van der Waals surface area contributed by atoms with Gasteiger partial charge in [-0.1, -0.05) is 51.9 Å². The SMILES string of the molecule is CC1CCC(c2nc(-c3ccc(F)cc3)c(-c3ccnc(CC4CCCCC4)n3)n2N)CC1. The number of nitrogens with two attached hydrogens (primary N) is 1. The van der Waals surface area contributed by atoms with Crippen LogP contribution in [0.25, 0.3) is 22.6 Å². The quantitative estimate of drug-likeness (QED) is 0.468. The van der Waals surface area contributed by atoms with Crippen molar-refractivity contribution in [3.63, 3.8) is 0 Å². The first-order valence-electron chi connectivity index (χ1n) is 12.5. The topological polar surface area (TPSA) is 69.6 Å². The fraction of sp³-hybridized carbons (Fsp3) is 0.519. The van der Waals surface area contributed by atoms with Gasteiger partial charge in [0.05, 0.1) is 5.69 Å². The summed E-state index contributed by atoms with van der Waals surface area (Å²) in [6.45, 7) is 2.31. The molecule has 0 saturated heterocycles. The Morgan fingerprint density at radius 3 is 2.39 bits per heavy atom. The van der Waals surface area contributed by atoms with Crippen LogP contribution in [-0.2, 0) is 6.42 Å². The zero-order valence-electron chi connectivity index (χ0n) is 19.5. The molecule has 2 N–H and O–H groups in total. The summed E-state index contributed by atoms with van der Waals surface area (Å²) in [5.41, 5.74) is 3.21. The van der Waals surface area contributed by atoms with Gasteiger partial charge in [-0.25, -0.2) is 24.0 Å². The first-order valence-corrected chi connectivity index (χ1v) is 12.5. The monoisotopic (exact) mass is 447 g/mol. The normalized spacial score (nSPS) is 21.9. The van der Waals surface area contributed by atoms with Crippen LogP contribution in [0.15, 0.2) is 36.5 Å². The van der Waals surface area contributed by atoms with Crippen molar-refractivity contribution in [2.75, 3.05) is 5.84 Å². The van der Waals surface area contributed by atoms with Crippen LogP contribution in [-0.4, -0.2) is 19.6 Å². The summed E-state index contributed by atoms with van der Waals surface area (Å²) in [5, 5.41) is 0. The van der Waals surface area contributed by atoms with Gasteiger partial charge in [-0.15, -0.1) is 0 Å². The van der Waals surface area contributed by atoms with Gasteiger partial charge in [0.1, 0.15) is 28.9 Å². The molecular formula is C27H34FN5. The molecule has 2 aliphatic carbocycles. The van der Waals surface area contributed by atoms with Gasteiger partial charge in [0, 0.05) is 24.1 Å². The summed E-state index contributed by atoms with van der Waals surface area (Å²) in [6.07, 6.45) is 13.8. The molecule has 5 nitrogen and oxygen atoms in total. The number of hydrogen-bond donors (Lipinski definition) is 1. The molecule has 0 amide bonds. The molecule has 2 heterocycles. The fourth-order valence-electron chi connectivity index (χ4n) is 5.59. The van der Waals surface area contributed by atoms with Crippen molar-refractivity contribution in [2.24, 2.45) is 11.8 Å². The predicted molar refractivity (Wildman–Crippen MR) is 129 cm³/mol. The molecule has 6 heteroatoms. The van der Waals surface area contributed by atoms with Crippen molar-refractivity contribution in [1.29, 1.82) is 0 Å². The van der Waals surface area contributed by atoms with E-state index in [1.54, 1.807) is 16.8 Å². The third-order valence-corrected chi connectivity index (χ3v) is 7.58. The van der Waals surface area contributed by atoms with Gasteiger partial charge >= 0.3 is 0 Å². The number of benzene rings is 1. The molecule has 0 radical (unpaired) electrons. The van der Waals surface area contributed by atoms with Crippen LogP contribution >= 0.6 is 0 Å². The summed E-state index contributed by atoms with van der Waals surface area (Å²) < 4.78 is 15.4. The van der Waals surface area contributed by atoms with Gasteiger partial charge in [-0.05, 0) is 55.0 Å². The molecule has 2 fully saturated rings. The van der Waals surface area contributed by atoms with E-state index < -0.39 is 0 Å². The third kappa shape index (κ3) is 4.80. The highest BCUT2D eigenvalue weighted by Gasteiger charge is 2.28. The van der Waals surface area contributed by atoms with Crippen LogP contribution in [0.4, 0.5) is 4.39 Å². The lowest BCUT2D eigenvalue weighted by molar-refractivity contribution is 0.337. The molecule has 0 spiro atoms. The predicted octanol–water partition coefficient (Wildman–Crippen LogP) is 6.28. The molecule has 0 bridgehead atoms. The van der Waals surface area contributed by atoms with Crippen molar-refractivity contribution in [1.82, 2.24) is 19.6 Å². The zero-order chi connectivity index (χ0) is 22.8. The second-order valence-corrected chi connectivity index (χ2v) is 10.1. The fourth-order valence-corrected chi connectivity index (χ4v) is 5.59. The summed E-state index contributed by atoms with van der Waals surface area (Å²) >= 11 is 0. The maximum Gasteiger partial charge on any atom is 0.131 e. The lowest BCUT2D eigenvalue weighted by Crippen LogP contribution is -2.20. The summed E-state index contributed by atoms with van der Waals surface area (Å²) in [7, 11) is 0. The van der Waals surface area contributed by atoms with E-state index in [2.05, 4.69) is 11.9 Å². The van der Waals surface area contributed by atoms with Crippen LogP contribution in [0.1, 0.15) is 82.3 Å². The molecular weight excluding hydrogens is 413 g/mol. The number of nitrogens with zero attached hydrogens (tertiary/aromatic N) is 4. The van der Waals surface area contributed by atoms with Crippen LogP contribution in [0.5, 0.6) is 0 Å². The summed E-state index contributed by atoms with van der Waals surface area (Å²) in [6, 6.07) is 8.43. The number of imidazole rings is 1. The molecule has 3 aromatic rings. The Balaban J connectivity index is 1.54. The lowest BCUT2D eigenvalue weighted by atomic mass is 9.82. The number of aromatic nitrogens is 4. The number of halogens is 1. The van der Waals surface area contributed by atoms with Crippen LogP contribution in [0, 0.1) is 17.7 Å². The van der Waals surface area contributed by atoms with Gasteiger partial charge in [0.2, 0.25) is 0 Å². The first kappa shape index (κ1) is 22.1.